The van der Waals surface area contributed by atoms with Crippen LogP contribution in [0.1, 0.15) is 48.9 Å². The third-order valence-corrected chi connectivity index (χ3v) is 5.94. The average molecular weight is 398 g/mol. The molecule has 7 heteroatoms. The van der Waals surface area contributed by atoms with Crippen LogP contribution >= 0.6 is 11.3 Å². The first-order valence-corrected chi connectivity index (χ1v) is 10.5. The summed E-state index contributed by atoms with van der Waals surface area (Å²) in [6.07, 6.45) is 5.58. The zero-order valence-electron chi connectivity index (χ0n) is 15.9. The Kier molecular flexibility index (Phi) is 5.43. The third kappa shape index (κ3) is 3.94. The number of rotatable bonds is 6. The number of thiazole rings is 1. The summed E-state index contributed by atoms with van der Waals surface area (Å²) in [6, 6.07) is 8.82. The monoisotopic (exact) mass is 397 g/mol. The van der Waals surface area contributed by atoms with Gasteiger partial charge in [-0.15, -0.1) is 11.3 Å². The minimum Gasteiger partial charge on any atom is -0.487 e. The molecular weight excluding hydrogens is 374 g/mol. The third-order valence-electron chi connectivity index (χ3n) is 4.80. The first kappa shape index (κ1) is 18.7. The van der Waals surface area contributed by atoms with Crippen molar-refractivity contribution in [1.29, 1.82) is 0 Å². The molecule has 0 atom stereocenters. The van der Waals surface area contributed by atoms with Gasteiger partial charge in [-0.25, -0.2) is 4.98 Å². The summed E-state index contributed by atoms with van der Waals surface area (Å²) in [7, 11) is 0. The molecule has 1 aliphatic rings. The van der Waals surface area contributed by atoms with Crippen molar-refractivity contribution in [3.63, 3.8) is 0 Å². The van der Waals surface area contributed by atoms with Crippen LogP contribution in [-0.4, -0.2) is 15.3 Å². The Labute approximate surface area is 167 Å². The summed E-state index contributed by atoms with van der Waals surface area (Å²) >= 11 is 1.61. The van der Waals surface area contributed by atoms with E-state index in [1.54, 1.807) is 27.9 Å². The molecule has 0 bridgehead atoms. The topological polar surface area (TPSA) is 72.7 Å². The van der Waals surface area contributed by atoms with Gasteiger partial charge in [-0.2, -0.15) is 0 Å². The highest BCUT2D eigenvalue weighted by atomic mass is 32.1. The van der Waals surface area contributed by atoms with Gasteiger partial charge in [-0.3, -0.25) is 14.0 Å². The van der Waals surface area contributed by atoms with Gasteiger partial charge in [0.05, 0.1) is 5.69 Å². The van der Waals surface area contributed by atoms with Crippen LogP contribution in [0.5, 0.6) is 5.75 Å². The number of benzene rings is 1. The fraction of sp³-hybridized carbons (Fsp3) is 0.381. The Bertz CT molecular complexity index is 1070. The molecule has 4 rings (SSSR count). The van der Waals surface area contributed by atoms with Crippen LogP contribution in [0.25, 0.3) is 4.96 Å². The summed E-state index contributed by atoms with van der Waals surface area (Å²) in [5, 5.41) is 2.86. The van der Waals surface area contributed by atoms with Gasteiger partial charge in [0.25, 0.3) is 5.56 Å². The van der Waals surface area contributed by atoms with E-state index >= 15 is 0 Å². The van der Waals surface area contributed by atoms with E-state index in [1.807, 2.05) is 25.1 Å². The van der Waals surface area contributed by atoms with Crippen LogP contribution in [0.2, 0.25) is 0 Å². The molecule has 146 valence electrons. The number of carbonyl (C=O) groups excluding carboxylic acids is 1. The predicted molar refractivity (Wildman–Crippen MR) is 110 cm³/mol. The molecule has 6 nitrogen and oxygen atoms in total. The van der Waals surface area contributed by atoms with Crippen LogP contribution in [0, 0.1) is 0 Å². The second-order valence-electron chi connectivity index (χ2n) is 7.00. The molecule has 1 aliphatic carbocycles. The lowest BCUT2D eigenvalue weighted by Crippen LogP contribution is -2.18. The Morgan fingerprint density at radius 2 is 2.14 bits per heavy atom. The summed E-state index contributed by atoms with van der Waals surface area (Å²) in [5.74, 6) is 0.614. The highest BCUT2D eigenvalue weighted by Gasteiger charge is 2.18. The van der Waals surface area contributed by atoms with Crippen molar-refractivity contribution in [3.05, 3.63) is 57.0 Å². The number of ether oxygens (including phenoxy) is 1. The quantitative estimate of drug-likeness (QED) is 0.683. The lowest BCUT2D eigenvalue weighted by atomic mass is 10.0. The van der Waals surface area contributed by atoms with E-state index in [4.69, 9.17) is 4.74 Å². The number of fused-ring (bicyclic) bond motifs is 3. The van der Waals surface area contributed by atoms with Crippen molar-refractivity contribution in [2.24, 2.45) is 0 Å². The molecule has 2 heterocycles. The SMILES string of the molecule is CCCC(=O)Nc1cccc(OCc2cc(=O)n3c4c(sc3n2)CCCC4)c1. The Morgan fingerprint density at radius 3 is 3.00 bits per heavy atom. The maximum atomic E-state index is 12.6. The molecule has 0 spiro atoms. The van der Waals surface area contributed by atoms with Crippen molar-refractivity contribution in [1.82, 2.24) is 9.38 Å². The molecule has 0 unspecified atom stereocenters. The van der Waals surface area contributed by atoms with E-state index in [9.17, 15) is 9.59 Å². The molecule has 2 aromatic heterocycles. The van der Waals surface area contributed by atoms with Gasteiger partial charge >= 0.3 is 0 Å². The second-order valence-corrected chi connectivity index (χ2v) is 8.06. The fourth-order valence-corrected chi connectivity index (χ4v) is 4.72. The highest BCUT2D eigenvalue weighted by molar-refractivity contribution is 7.17. The summed E-state index contributed by atoms with van der Waals surface area (Å²) in [4.78, 5) is 31.0. The zero-order chi connectivity index (χ0) is 19.5. The maximum Gasteiger partial charge on any atom is 0.259 e. The molecule has 0 saturated carbocycles. The molecule has 1 amide bonds. The van der Waals surface area contributed by atoms with Crippen molar-refractivity contribution in [3.8, 4) is 5.75 Å². The van der Waals surface area contributed by atoms with Gasteiger partial charge in [0.2, 0.25) is 5.91 Å². The number of carbonyl (C=O) groups is 1. The van der Waals surface area contributed by atoms with E-state index in [1.165, 1.54) is 11.3 Å². The molecule has 0 saturated heterocycles. The largest absolute Gasteiger partial charge is 0.487 e. The van der Waals surface area contributed by atoms with Gasteiger partial charge in [0.1, 0.15) is 12.4 Å². The fourth-order valence-electron chi connectivity index (χ4n) is 3.49. The molecular formula is C21H23N3O3S. The van der Waals surface area contributed by atoms with Crippen molar-refractivity contribution in [2.45, 2.75) is 52.1 Å². The minimum atomic E-state index is -0.0384. The van der Waals surface area contributed by atoms with E-state index in [2.05, 4.69) is 10.3 Å². The first-order chi connectivity index (χ1) is 13.6. The van der Waals surface area contributed by atoms with Crippen LogP contribution in [-0.2, 0) is 24.2 Å². The van der Waals surface area contributed by atoms with Crippen LogP contribution in [0.15, 0.2) is 35.1 Å². The molecule has 28 heavy (non-hydrogen) atoms. The summed E-state index contributed by atoms with van der Waals surface area (Å²) in [6.45, 7) is 2.18. The number of aromatic nitrogens is 2. The Morgan fingerprint density at radius 1 is 1.29 bits per heavy atom. The van der Waals surface area contributed by atoms with Gasteiger partial charge in [-0.05, 0) is 44.2 Å². The number of nitrogens with one attached hydrogen (secondary N) is 1. The molecule has 1 aromatic carbocycles. The molecule has 3 aromatic rings. The van der Waals surface area contributed by atoms with E-state index in [0.29, 0.717) is 23.6 Å². The lowest BCUT2D eigenvalue weighted by molar-refractivity contribution is -0.116. The molecule has 1 N–H and O–H groups in total. The normalized spacial score (nSPS) is 13.3. The van der Waals surface area contributed by atoms with Crippen molar-refractivity contribution >= 4 is 27.9 Å². The van der Waals surface area contributed by atoms with E-state index in [0.717, 1.165) is 36.3 Å². The number of anilines is 1. The Balaban J connectivity index is 1.50. The van der Waals surface area contributed by atoms with Gasteiger partial charge in [0.15, 0.2) is 4.96 Å². The predicted octanol–water partition coefficient (Wildman–Crippen LogP) is 3.95. The second kappa shape index (κ2) is 8.14. The maximum absolute atomic E-state index is 12.6. The molecule has 0 aliphatic heterocycles. The van der Waals surface area contributed by atoms with E-state index < -0.39 is 0 Å². The van der Waals surface area contributed by atoms with Gasteiger partial charge in [-0.1, -0.05) is 13.0 Å². The standard InChI is InChI=1S/C21H23N3O3S/c1-2-6-19(25)22-14-7-5-8-16(11-14)27-13-15-12-20(26)24-17-9-3-4-10-18(17)28-21(24)23-15/h5,7-8,11-12H,2-4,6,9-10,13H2,1H3,(H,22,25). The number of aryl methyl sites for hydroxylation is 2. The van der Waals surface area contributed by atoms with E-state index in [-0.39, 0.29) is 18.1 Å². The number of amides is 1. The smallest absolute Gasteiger partial charge is 0.259 e. The average Bonchev–Trinajstić information content (AvgIpc) is 3.06. The number of nitrogens with zero attached hydrogens (tertiary/aromatic N) is 2. The number of hydrogen-bond donors (Lipinski definition) is 1. The van der Waals surface area contributed by atoms with Gasteiger partial charge in [0, 0.05) is 34.8 Å². The molecule has 0 fully saturated rings. The summed E-state index contributed by atoms with van der Waals surface area (Å²) < 4.78 is 7.58. The highest BCUT2D eigenvalue weighted by Crippen LogP contribution is 2.28. The van der Waals surface area contributed by atoms with Crippen LogP contribution in [0.3, 0.4) is 0 Å². The van der Waals surface area contributed by atoms with Gasteiger partial charge < -0.3 is 10.1 Å². The van der Waals surface area contributed by atoms with Crippen LogP contribution < -0.4 is 15.6 Å². The molecule has 0 radical (unpaired) electrons. The Hall–Kier alpha value is -2.67. The van der Waals surface area contributed by atoms with Crippen molar-refractivity contribution in [2.75, 3.05) is 5.32 Å². The summed E-state index contributed by atoms with van der Waals surface area (Å²) in [5.41, 5.74) is 2.41. The minimum absolute atomic E-state index is 0.0125. The number of hydrogen-bond acceptors (Lipinski definition) is 5. The van der Waals surface area contributed by atoms with Crippen molar-refractivity contribution < 1.29 is 9.53 Å². The first-order valence-electron chi connectivity index (χ1n) is 9.70. The lowest BCUT2D eigenvalue weighted by Gasteiger charge is -2.10. The van der Waals surface area contributed by atoms with Crippen LogP contribution in [0.4, 0.5) is 5.69 Å². The zero-order valence-corrected chi connectivity index (χ0v) is 16.7.